The SMILES string of the molecule is CCCC(=O)N(Cc1ccc(Cl)cc1)[C@@H](Cc1ccccc1)C(=O)NCCC1=CCCCC1. The summed E-state index contributed by atoms with van der Waals surface area (Å²) in [4.78, 5) is 28.4. The third-order valence-electron chi connectivity index (χ3n) is 6.13. The number of hydrogen-bond donors (Lipinski definition) is 1. The first-order valence-corrected chi connectivity index (χ1v) is 12.5. The summed E-state index contributed by atoms with van der Waals surface area (Å²) in [6.07, 6.45) is 9.59. The van der Waals surface area contributed by atoms with Gasteiger partial charge >= 0.3 is 0 Å². The van der Waals surface area contributed by atoms with E-state index in [1.807, 2.05) is 61.5 Å². The Labute approximate surface area is 203 Å². The molecule has 0 aromatic heterocycles. The summed E-state index contributed by atoms with van der Waals surface area (Å²) in [5.41, 5.74) is 3.43. The van der Waals surface area contributed by atoms with Gasteiger partial charge in [-0.25, -0.2) is 0 Å². The molecule has 0 fully saturated rings. The monoisotopic (exact) mass is 466 g/mol. The molecule has 0 saturated heterocycles. The number of benzene rings is 2. The van der Waals surface area contributed by atoms with Crippen LogP contribution in [0.2, 0.25) is 5.02 Å². The summed E-state index contributed by atoms with van der Waals surface area (Å²) >= 11 is 6.05. The second kappa shape index (κ2) is 13.2. The number of halogens is 1. The highest BCUT2D eigenvalue weighted by Gasteiger charge is 2.29. The molecule has 1 N–H and O–H groups in total. The second-order valence-electron chi connectivity index (χ2n) is 8.75. The molecular formula is C28H35ClN2O2. The van der Waals surface area contributed by atoms with Gasteiger partial charge in [0.05, 0.1) is 0 Å². The minimum atomic E-state index is -0.567. The van der Waals surface area contributed by atoms with Crippen molar-refractivity contribution in [2.24, 2.45) is 0 Å². The highest BCUT2D eigenvalue weighted by molar-refractivity contribution is 6.30. The molecule has 2 aromatic rings. The van der Waals surface area contributed by atoms with Gasteiger partial charge in [-0.05, 0) is 61.8 Å². The van der Waals surface area contributed by atoms with Crippen molar-refractivity contribution in [3.63, 3.8) is 0 Å². The molecule has 2 aromatic carbocycles. The highest BCUT2D eigenvalue weighted by atomic mass is 35.5. The molecule has 1 aliphatic carbocycles. The molecule has 0 spiro atoms. The standard InChI is InChI=1S/C28H35ClN2O2/c1-2-9-27(32)31(21-24-14-16-25(29)17-15-24)26(20-23-12-7-4-8-13-23)28(33)30-19-18-22-10-5-3-6-11-22/h4,7-8,10,12-17,26H,2-3,5-6,9,11,18-21H2,1H3,(H,30,33)/t26-/m0/s1. The first-order chi connectivity index (χ1) is 16.1. The molecule has 0 saturated carbocycles. The van der Waals surface area contributed by atoms with Crippen molar-refractivity contribution in [1.82, 2.24) is 10.2 Å². The summed E-state index contributed by atoms with van der Waals surface area (Å²) in [5.74, 6) is -0.0906. The third kappa shape index (κ3) is 8.04. The Morgan fingerprint density at radius 1 is 1.03 bits per heavy atom. The van der Waals surface area contributed by atoms with E-state index in [4.69, 9.17) is 11.6 Å². The van der Waals surface area contributed by atoms with Crippen LogP contribution in [-0.2, 0) is 22.6 Å². The lowest BCUT2D eigenvalue weighted by atomic mass is 9.97. The Balaban J connectivity index is 1.79. The van der Waals surface area contributed by atoms with Crippen LogP contribution in [-0.4, -0.2) is 29.3 Å². The van der Waals surface area contributed by atoms with Gasteiger partial charge < -0.3 is 10.2 Å². The lowest BCUT2D eigenvalue weighted by Crippen LogP contribution is -2.50. The first-order valence-electron chi connectivity index (χ1n) is 12.1. The van der Waals surface area contributed by atoms with Crippen LogP contribution in [0, 0.1) is 0 Å². The largest absolute Gasteiger partial charge is 0.354 e. The fourth-order valence-electron chi connectivity index (χ4n) is 4.29. The number of carbonyl (C=O) groups is 2. The maximum atomic E-state index is 13.4. The van der Waals surface area contributed by atoms with Gasteiger partial charge in [0.15, 0.2) is 0 Å². The fourth-order valence-corrected chi connectivity index (χ4v) is 4.42. The van der Waals surface area contributed by atoms with Crippen LogP contribution in [0.1, 0.15) is 63.0 Å². The lowest BCUT2D eigenvalue weighted by Gasteiger charge is -2.31. The molecule has 176 valence electrons. The predicted molar refractivity (Wildman–Crippen MR) is 135 cm³/mol. The number of rotatable bonds is 11. The number of allylic oxidation sites excluding steroid dienone is 1. The van der Waals surface area contributed by atoms with Crippen molar-refractivity contribution >= 4 is 23.4 Å². The molecule has 0 aliphatic heterocycles. The molecule has 0 unspecified atom stereocenters. The van der Waals surface area contributed by atoms with Gasteiger partial charge in [-0.2, -0.15) is 0 Å². The average Bonchev–Trinajstić information content (AvgIpc) is 2.84. The van der Waals surface area contributed by atoms with Crippen molar-refractivity contribution in [3.05, 3.63) is 82.4 Å². The van der Waals surface area contributed by atoms with Crippen molar-refractivity contribution < 1.29 is 9.59 Å². The fraction of sp³-hybridized carbons (Fsp3) is 0.429. The summed E-state index contributed by atoms with van der Waals surface area (Å²) in [7, 11) is 0. The van der Waals surface area contributed by atoms with E-state index >= 15 is 0 Å². The minimum absolute atomic E-state index is 0.00137. The molecule has 33 heavy (non-hydrogen) atoms. The molecule has 1 aliphatic rings. The second-order valence-corrected chi connectivity index (χ2v) is 9.19. The van der Waals surface area contributed by atoms with Gasteiger partial charge in [-0.3, -0.25) is 9.59 Å². The highest BCUT2D eigenvalue weighted by Crippen LogP contribution is 2.20. The van der Waals surface area contributed by atoms with Gasteiger partial charge in [0, 0.05) is 31.0 Å². The third-order valence-corrected chi connectivity index (χ3v) is 6.38. The van der Waals surface area contributed by atoms with Crippen molar-refractivity contribution in [2.45, 2.75) is 70.9 Å². The maximum Gasteiger partial charge on any atom is 0.243 e. The van der Waals surface area contributed by atoms with Crippen LogP contribution in [0.5, 0.6) is 0 Å². The van der Waals surface area contributed by atoms with E-state index in [0.717, 1.165) is 36.8 Å². The first kappa shape index (κ1) is 25.0. The topological polar surface area (TPSA) is 49.4 Å². The van der Waals surface area contributed by atoms with Crippen LogP contribution >= 0.6 is 11.6 Å². The Morgan fingerprint density at radius 3 is 2.45 bits per heavy atom. The van der Waals surface area contributed by atoms with Gasteiger partial charge in [0.1, 0.15) is 6.04 Å². The normalized spacial score (nSPS) is 14.3. The van der Waals surface area contributed by atoms with E-state index in [9.17, 15) is 9.59 Å². The molecule has 0 heterocycles. The Morgan fingerprint density at radius 2 is 1.79 bits per heavy atom. The van der Waals surface area contributed by atoms with E-state index < -0.39 is 6.04 Å². The van der Waals surface area contributed by atoms with Gasteiger partial charge in [0.25, 0.3) is 0 Å². The summed E-state index contributed by atoms with van der Waals surface area (Å²) in [5, 5.41) is 3.78. The van der Waals surface area contributed by atoms with Crippen LogP contribution in [0.3, 0.4) is 0 Å². The number of nitrogens with zero attached hydrogens (tertiary/aromatic N) is 1. The molecule has 0 radical (unpaired) electrons. The van der Waals surface area contributed by atoms with E-state index in [1.54, 1.807) is 4.90 Å². The molecule has 0 bridgehead atoms. The summed E-state index contributed by atoms with van der Waals surface area (Å²) < 4.78 is 0. The Hall–Kier alpha value is -2.59. The quantitative estimate of drug-likeness (QED) is 0.407. The van der Waals surface area contributed by atoms with Gasteiger partial charge in [-0.15, -0.1) is 0 Å². The Bertz CT molecular complexity index is 925. The molecular weight excluding hydrogens is 432 g/mol. The van der Waals surface area contributed by atoms with Crippen molar-refractivity contribution in [1.29, 1.82) is 0 Å². The van der Waals surface area contributed by atoms with Gasteiger partial charge in [-0.1, -0.05) is 72.6 Å². The van der Waals surface area contributed by atoms with Crippen LogP contribution in [0.4, 0.5) is 0 Å². The summed E-state index contributed by atoms with van der Waals surface area (Å²) in [6, 6.07) is 16.8. The van der Waals surface area contributed by atoms with Crippen molar-refractivity contribution in [2.75, 3.05) is 6.54 Å². The Kier molecular flexibility index (Phi) is 10.0. The molecule has 4 nitrogen and oxygen atoms in total. The molecule has 5 heteroatoms. The molecule has 3 rings (SSSR count). The maximum absolute atomic E-state index is 13.4. The number of amides is 2. The lowest BCUT2D eigenvalue weighted by molar-refractivity contribution is -0.141. The van der Waals surface area contributed by atoms with E-state index in [0.29, 0.717) is 31.0 Å². The van der Waals surface area contributed by atoms with E-state index in [2.05, 4.69) is 11.4 Å². The van der Waals surface area contributed by atoms with Crippen LogP contribution in [0.15, 0.2) is 66.2 Å². The summed E-state index contributed by atoms with van der Waals surface area (Å²) in [6.45, 7) is 2.97. The van der Waals surface area contributed by atoms with E-state index in [1.165, 1.54) is 18.4 Å². The van der Waals surface area contributed by atoms with Crippen molar-refractivity contribution in [3.8, 4) is 0 Å². The number of carbonyl (C=O) groups excluding carboxylic acids is 2. The number of nitrogens with one attached hydrogen (secondary N) is 1. The number of hydrogen-bond acceptors (Lipinski definition) is 2. The zero-order valence-electron chi connectivity index (χ0n) is 19.6. The minimum Gasteiger partial charge on any atom is -0.354 e. The van der Waals surface area contributed by atoms with Crippen LogP contribution in [0.25, 0.3) is 0 Å². The van der Waals surface area contributed by atoms with Crippen LogP contribution < -0.4 is 5.32 Å². The smallest absolute Gasteiger partial charge is 0.243 e. The average molecular weight is 467 g/mol. The molecule has 1 atom stereocenters. The zero-order chi connectivity index (χ0) is 23.5. The zero-order valence-corrected chi connectivity index (χ0v) is 20.3. The molecule has 2 amide bonds. The predicted octanol–water partition coefficient (Wildman–Crippen LogP) is 6.09. The van der Waals surface area contributed by atoms with Gasteiger partial charge in [0.2, 0.25) is 11.8 Å². The van der Waals surface area contributed by atoms with E-state index in [-0.39, 0.29) is 11.8 Å².